The van der Waals surface area contributed by atoms with Gasteiger partial charge in [-0.2, -0.15) is 0 Å². The Balaban J connectivity index is 1.62. The molecule has 0 unspecified atom stereocenters. The van der Waals surface area contributed by atoms with E-state index in [-0.39, 0.29) is 12.0 Å². The Hall–Kier alpha value is -2.02. The SMILES string of the molecule is C=CCNC(=O)CN1CCO[C@H](c2nc(-c3ccccc3)cs2)C1. The summed E-state index contributed by atoms with van der Waals surface area (Å²) in [5.74, 6) is 0.0136. The molecule has 5 nitrogen and oxygen atoms in total. The molecule has 1 atom stereocenters. The number of hydrogen-bond donors (Lipinski definition) is 1. The van der Waals surface area contributed by atoms with Crippen molar-refractivity contribution in [2.45, 2.75) is 6.10 Å². The van der Waals surface area contributed by atoms with Gasteiger partial charge in [-0.3, -0.25) is 9.69 Å². The molecule has 1 aromatic heterocycles. The Labute approximate surface area is 146 Å². The number of benzene rings is 1. The zero-order valence-electron chi connectivity index (χ0n) is 13.5. The first-order chi connectivity index (χ1) is 11.8. The van der Waals surface area contributed by atoms with Crippen LogP contribution in [-0.4, -0.2) is 48.6 Å². The lowest BCUT2D eigenvalue weighted by atomic mass is 10.2. The Kier molecular flexibility index (Phi) is 5.74. The second kappa shape index (κ2) is 8.19. The summed E-state index contributed by atoms with van der Waals surface area (Å²) in [6.07, 6.45) is 1.61. The molecule has 0 saturated carbocycles. The molecule has 2 aromatic rings. The highest BCUT2D eigenvalue weighted by molar-refractivity contribution is 7.10. The van der Waals surface area contributed by atoms with E-state index in [2.05, 4.69) is 34.3 Å². The van der Waals surface area contributed by atoms with Gasteiger partial charge in [0.2, 0.25) is 5.91 Å². The standard InChI is InChI=1S/C18H21N3O2S/c1-2-8-19-17(22)12-21-9-10-23-16(11-21)18-20-15(13-24-18)14-6-4-3-5-7-14/h2-7,13,16H,1,8-12H2,(H,19,22)/t16-/m0/s1. The summed E-state index contributed by atoms with van der Waals surface area (Å²) in [5.41, 5.74) is 2.08. The molecule has 1 aliphatic rings. The van der Waals surface area contributed by atoms with Gasteiger partial charge in [0.15, 0.2) is 0 Å². The molecule has 2 heterocycles. The zero-order chi connectivity index (χ0) is 16.8. The molecule has 0 bridgehead atoms. The molecule has 0 radical (unpaired) electrons. The van der Waals surface area contributed by atoms with Gasteiger partial charge in [-0.1, -0.05) is 36.4 Å². The molecule has 1 fully saturated rings. The first-order valence-corrected chi connectivity index (χ1v) is 8.86. The summed E-state index contributed by atoms with van der Waals surface area (Å²) in [6.45, 7) is 6.54. The van der Waals surface area contributed by atoms with Gasteiger partial charge in [-0.15, -0.1) is 17.9 Å². The van der Waals surface area contributed by atoms with Crippen LogP contribution < -0.4 is 5.32 Å². The van der Waals surface area contributed by atoms with Crippen molar-refractivity contribution in [2.75, 3.05) is 32.8 Å². The number of nitrogens with one attached hydrogen (secondary N) is 1. The van der Waals surface area contributed by atoms with Crippen molar-refractivity contribution in [3.8, 4) is 11.3 Å². The molecule has 6 heteroatoms. The van der Waals surface area contributed by atoms with Crippen LogP contribution in [0.2, 0.25) is 0 Å². The first-order valence-electron chi connectivity index (χ1n) is 7.98. The summed E-state index contributed by atoms with van der Waals surface area (Å²) in [5, 5.41) is 5.83. The van der Waals surface area contributed by atoms with E-state index in [1.165, 1.54) is 0 Å². The monoisotopic (exact) mass is 343 g/mol. The minimum atomic E-state index is -0.0755. The molecule has 0 spiro atoms. The lowest BCUT2D eigenvalue weighted by molar-refractivity contribution is -0.124. The second-order valence-corrected chi connectivity index (χ2v) is 6.51. The molecule has 1 aliphatic heterocycles. The lowest BCUT2D eigenvalue weighted by Crippen LogP contribution is -2.44. The Morgan fingerprint density at radius 2 is 2.29 bits per heavy atom. The molecule has 1 saturated heterocycles. The fourth-order valence-corrected chi connectivity index (χ4v) is 3.48. The van der Waals surface area contributed by atoms with Crippen molar-refractivity contribution in [1.82, 2.24) is 15.2 Å². The Morgan fingerprint density at radius 3 is 3.08 bits per heavy atom. The topological polar surface area (TPSA) is 54.5 Å². The lowest BCUT2D eigenvalue weighted by Gasteiger charge is -2.31. The normalized spacial score (nSPS) is 18.2. The summed E-state index contributed by atoms with van der Waals surface area (Å²) in [4.78, 5) is 18.7. The largest absolute Gasteiger partial charge is 0.368 e. The van der Waals surface area contributed by atoms with Gasteiger partial charge < -0.3 is 10.1 Å². The van der Waals surface area contributed by atoms with E-state index in [4.69, 9.17) is 9.72 Å². The van der Waals surface area contributed by atoms with Crippen molar-refractivity contribution in [3.63, 3.8) is 0 Å². The predicted octanol–water partition coefficient (Wildman–Crippen LogP) is 2.49. The molecule has 1 amide bonds. The number of carbonyl (C=O) groups excluding carboxylic acids is 1. The van der Waals surface area contributed by atoms with Gasteiger partial charge in [0.1, 0.15) is 11.1 Å². The number of ether oxygens (including phenoxy) is 1. The summed E-state index contributed by atoms with van der Waals surface area (Å²) in [6, 6.07) is 10.1. The number of aromatic nitrogens is 1. The average Bonchev–Trinajstić information content (AvgIpc) is 3.11. The minimum absolute atomic E-state index is 0.0136. The second-order valence-electron chi connectivity index (χ2n) is 5.62. The third kappa shape index (κ3) is 4.29. The van der Waals surface area contributed by atoms with E-state index in [1.807, 2.05) is 18.2 Å². The van der Waals surface area contributed by atoms with Crippen LogP contribution in [0.1, 0.15) is 11.1 Å². The zero-order valence-corrected chi connectivity index (χ0v) is 14.3. The Bertz CT molecular complexity index is 687. The molecule has 1 N–H and O–H groups in total. The van der Waals surface area contributed by atoms with E-state index in [9.17, 15) is 4.79 Å². The highest BCUT2D eigenvalue weighted by Crippen LogP contribution is 2.29. The van der Waals surface area contributed by atoms with Gasteiger partial charge in [0.25, 0.3) is 0 Å². The number of morpholine rings is 1. The number of thiazole rings is 1. The molecule has 1 aromatic carbocycles. The quantitative estimate of drug-likeness (QED) is 0.819. The summed E-state index contributed by atoms with van der Waals surface area (Å²) in [7, 11) is 0. The molecular weight excluding hydrogens is 322 g/mol. The molecule has 126 valence electrons. The van der Waals surface area contributed by atoms with Crippen LogP contribution in [0.15, 0.2) is 48.4 Å². The van der Waals surface area contributed by atoms with E-state index in [0.29, 0.717) is 26.2 Å². The van der Waals surface area contributed by atoms with Gasteiger partial charge in [0, 0.05) is 30.6 Å². The number of nitrogens with zero attached hydrogens (tertiary/aromatic N) is 2. The molecule has 24 heavy (non-hydrogen) atoms. The predicted molar refractivity (Wildman–Crippen MR) is 95.9 cm³/mol. The van der Waals surface area contributed by atoms with Crippen LogP contribution in [0.25, 0.3) is 11.3 Å². The number of rotatable bonds is 6. The molecule has 0 aliphatic carbocycles. The van der Waals surface area contributed by atoms with Crippen LogP contribution in [0, 0.1) is 0 Å². The Morgan fingerprint density at radius 1 is 1.46 bits per heavy atom. The third-order valence-electron chi connectivity index (χ3n) is 3.83. The van der Waals surface area contributed by atoms with Gasteiger partial charge in [-0.25, -0.2) is 4.98 Å². The van der Waals surface area contributed by atoms with Crippen LogP contribution in [0.3, 0.4) is 0 Å². The van der Waals surface area contributed by atoms with E-state index in [1.54, 1.807) is 17.4 Å². The van der Waals surface area contributed by atoms with Crippen molar-refractivity contribution in [3.05, 3.63) is 53.4 Å². The number of amides is 1. The number of carbonyl (C=O) groups is 1. The molecular formula is C18H21N3O2S. The average molecular weight is 343 g/mol. The van der Waals surface area contributed by atoms with Crippen LogP contribution in [-0.2, 0) is 9.53 Å². The van der Waals surface area contributed by atoms with Crippen LogP contribution in [0.5, 0.6) is 0 Å². The van der Waals surface area contributed by atoms with Crippen molar-refractivity contribution < 1.29 is 9.53 Å². The summed E-state index contributed by atoms with van der Waals surface area (Å²) >= 11 is 1.61. The minimum Gasteiger partial charge on any atom is -0.368 e. The van der Waals surface area contributed by atoms with E-state index in [0.717, 1.165) is 22.8 Å². The first kappa shape index (κ1) is 16.8. The van der Waals surface area contributed by atoms with Crippen LogP contribution >= 0.6 is 11.3 Å². The highest BCUT2D eigenvalue weighted by Gasteiger charge is 2.25. The third-order valence-corrected chi connectivity index (χ3v) is 4.77. The fourth-order valence-electron chi connectivity index (χ4n) is 2.62. The maximum atomic E-state index is 11.8. The van der Waals surface area contributed by atoms with Crippen LogP contribution in [0.4, 0.5) is 0 Å². The number of hydrogen-bond acceptors (Lipinski definition) is 5. The van der Waals surface area contributed by atoms with Gasteiger partial charge in [0.05, 0.1) is 18.8 Å². The maximum Gasteiger partial charge on any atom is 0.234 e. The van der Waals surface area contributed by atoms with Gasteiger partial charge in [-0.05, 0) is 0 Å². The maximum absolute atomic E-state index is 11.8. The highest BCUT2D eigenvalue weighted by atomic mass is 32.1. The molecule has 3 rings (SSSR count). The van der Waals surface area contributed by atoms with E-state index >= 15 is 0 Å². The van der Waals surface area contributed by atoms with Gasteiger partial charge >= 0.3 is 0 Å². The van der Waals surface area contributed by atoms with Crippen molar-refractivity contribution in [1.29, 1.82) is 0 Å². The fraction of sp³-hybridized carbons (Fsp3) is 0.333. The smallest absolute Gasteiger partial charge is 0.234 e. The van der Waals surface area contributed by atoms with E-state index < -0.39 is 0 Å². The van der Waals surface area contributed by atoms with Crippen molar-refractivity contribution in [2.24, 2.45) is 0 Å². The van der Waals surface area contributed by atoms with Crippen molar-refractivity contribution >= 4 is 17.2 Å². The summed E-state index contributed by atoms with van der Waals surface area (Å²) < 4.78 is 5.86.